The first-order valence-corrected chi connectivity index (χ1v) is 7.57. The summed E-state index contributed by atoms with van der Waals surface area (Å²) in [5, 5.41) is 0. The molecule has 0 radical (unpaired) electrons. The molecular weight excluding hydrogens is 332 g/mol. The maximum absolute atomic E-state index is 12.1. The van der Waals surface area contributed by atoms with Crippen molar-refractivity contribution in [2.75, 3.05) is 6.61 Å². The van der Waals surface area contributed by atoms with Crippen LogP contribution < -0.4 is 0 Å². The van der Waals surface area contributed by atoms with Gasteiger partial charge in [0.15, 0.2) is 6.10 Å². The average Bonchev–Trinajstić information content (AvgIpc) is 2.49. The molecule has 0 aromatic heterocycles. The van der Waals surface area contributed by atoms with Crippen LogP contribution in [0.15, 0.2) is 59.1 Å². The molecule has 0 bridgehead atoms. The lowest BCUT2D eigenvalue weighted by atomic mass is 10.1. The largest absolute Gasteiger partial charge is 0.464 e. The van der Waals surface area contributed by atoms with E-state index >= 15 is 0 Å². The smallest absolute Gasteiger partial charge is 0.339 e. The summed E-state index contributed by atoms with van der Waals surface area (Å²) in [6.07, 6.45) is -0.704. The fourth-order valence-electron chi connectivity index (χ4n) is 1.95. The molecule has 1 unspecified atom stereocenters. The van der Waals surface area contributed by atoms with Crippen LogP contribution in [0.5, 0.6) is 0 Å². The van der Waals surface area contributed by atoms with Gasteiger partial charge in [0.1, 0.15) is 0 Å². The Morgan fingerprint density at radius 1 is 1.14 bits per heavy atom. The van der Waals surface area contributed by atoms with Crippen LogP contribution in [0.2, 0.25) is 0 Å². The number of hydrogen-bond acceptors (Lipinski definition) is 3. The number of carbonyl (C=O) groups is 1. The second kappa shape index (κ2) is 7.96. The van der Waals surface area contributed by atoms with Gasteiger partial charge in [0, 0.05) is 4.47 Å². The van der Waals surface area contributed by atoms with E-state index in [4.69, 9.17) is 9.47 Å². The van der Waals surface area contributed by atoms with Gasteiger partial charge >= 0.3 is 5.97 Å². The van der Waals surface area contributed by atoms with Crippen molar-refractivity contribution in [3.8, 4) is 0 Å². The Labute approximate surface area is 133 Å². The third kappa shape index (κ3) is 4.69. The average molecular weight is 349 g/mol. The number of halogens is 1. The van der Waals surface area contributed by atoms with Gasteiger partial charge in [-0.1, -0.05) is 58.4 Å². The predicted octanol–water partition coefficient (Wildman–Crippen LogP) is 4.27. The highest BCUT2D eigenvalue weighted by Crippen LogP contribution is 2.21. The molecule has 0 aliphatic heterocycles. The molecule has 0 saturated carbocycles. The zero-order chi connectivity index (χ0) is 15.1. The van der Waals surface area contributed by atoms with Crippen molar-refractivity contribution in [1.82, 2.24) is 0 Å². The Morgan fingerprint density at radius 2 is 1.90 bits per heavy atom. The molecule has 3 nitrogen and oxygen atoms in total. The van der Waals surface area contributed by atoms with Crippen LogP contribution in [-0.2, 0) is 20.9 Å². The Hall–Kier alpha value is -1.65. The van der Waals surface area contributed by atoms with Gasteiger partial charge in [-0.15, -0.1) is 0 Å². The van der Waals surface area contributed by atoms with Crippen molar-refractivity contribution in [1.29, 1.82) is 0 Å². The van der Waals surface area contributed by atoms with E-state index < -0.39 is 6.10 Å². The Kier molecular flexibility index (Phi) is 5.96. The highest BCUT2D eigenvalue weighted by molar-refractivity contribution is 9.10. The van der Waals surface area contributed by atoms with Crippen LogP contribution in [0.25, 0.3) is 0 Å². The summed E-state index contributed by atoms with van der Waals surface area (Å²) in [5.41, 5.74) is 1.79. The van der Waals surface area contributed by atoms with Crippen LogP contribution >= 0.6 is 15.9 Å². The molecule has 0 heterocycles. The Balaban J connectivity index is 2.11. The molecular formula is C17H17BrO3. The van der Waals surface area contributed by atoms with Gasteiger partial charge in [0.25, 0.3) is 0 Å². The van der Waals surface area contributed by atoms with Crippen molar-refractivity contribution in [2.24, 2.45) is 0 Å². The Bertz CT molecular complexity index is 584. The molecule has 0 saturated heterocycles. The Morgan fingerprint density at radius 3 is 2.57 bits per heavy atom. The molecule has 0 amide bonds. The van der Waals surface area contributed by atoms with E-state index in [0.717, 1.165) is 15.6 Å². The molecule has 110 valence electrons. The summed E-state index contributed by atoms with van der Waals surface area (Å²) in [6.45, 7) is 2.47. The first-order chi connectivity index (χ1) is 10.2. The first kappa shape index (κ1) is 15.7. The molecule has 1 atom stereocenters. The van der Waals surface area contributed by atoms with Gasteiger partial charge in [-0.25, -0.2) is 4.79 Å². The minimum Gasteiger partial charge on any atom is -0.464 e. The monoisotopic (exact) mass is 348 g/mol. The number of rotatable bonds is 6. The van der Waals surface area contributed by atoms with Crippen LogP contribution in [0, 0.1) is 0 Å². The maximum Gasteiger partial charge on any atom is 0.339 e. The quantitative estimate of drug-likeness (QED) is 0.731. The van der Waals surface area contributed by atoms with E-state index in [1.165, 1.54) is 0 Å². The van der Waals surface area contributed by atoms with E-state index in [9.17, 15) is 4.79 Å². The zero-order valence-electron chi connectivity index (χ0n) is 11.8. The molecule has 2 rings (SSSR count). The topological polar surface area (TPSA) is 35.5 Å². The third-order valence-corrected chi connectivity index (χ3v) is 3.40. The molecule has 2 aromatic carbocycles. The van der Waals surface area contributed by atoms with Crippen molar-refractivity contribution >= 4 is 21.9 Å². The van der Waals surface area contributed by atoms with Crippen LogP contribution in [-0.4, -0.2) is 12.6 Å². The fraction of sp³-hybridized carbons (Fsp3) is 0.235. The molecule has 2 aromatic rings. The minimum absolute atomic E-state index is 0.336. The summed E-state index contributed by atoms with van der Waals surface area (Å²) in [7, 11) is 0. The van der Waals surface area contributed by atoms with Crippen molar-refractivity contribution in [3.05, 3.63) is 70.2 Å². The third-order valence-electron chi connectivity index (χ3n) is 2.91. The van der Waals surface area contributed by atoms with E-state index in [0.29, 0.717) is 13.2 Å². The molecule has 4 heteroatoms. The predicted molar refractivity (Wildman–Crippen MR) is 84.7 cm³/mol. The van der Waals surface area contributed by atoms with Crippen molar-refractivity contribution < 1.29 is 14.3 Å². The van der Waals surface area contributed by atoms with E-state index in [1.54, 1.807) is 6.92 Å². The number of esters is 1. The van der Waals surface area contributed by atoms with E-state index in [1.807, 2.05) is 54.6 Å². The second-order valence-corrected chi connectivity index (χ2v) is 5.40. The lowest BCUT2D eigenvalue weighted by Crippen LogP contribution is -2.19. The van der Waals surface area contributed by atoms with E-state index in [-0.39, 0.29) is 5.97 Å². The molecule has 21 heavy (non-hydrogen) atoms. The van der Waals surface area contributed by atoms with Gasteiger partial charge in [0.05, 0.1) is 13.2 Å². The number of ether oxygens (including phenoxy) is 2. The molecule has 0 fully saturated rings. The summed E-state index contributed by atoms with van der Waals surface area (Å²) >= 11 is 3.42. The molecule has 0 aliphatic carbocycles. The summed E-state index contributed by atoms with van der Waals surface area (Å²) < 4.78 is 11.9. The number of benzene rings is 2. The standard InChI is InChI=1S/C17H17BrO3/c1-2-20-17(19)16(14-8-4-3-5-9-14)21-12-13-7-6-10-15(18)11-13/h3-11,16H,2,12H2,1H3. The highest BCUT2D eigenvalue weighted by atomic mass is 79.9. The minimum atomic E-state index is -0.704. The van der Waals surface area contributed by atoms with Gasteiger partial charge in [0.2, 0.25) is 0 Å². The highest BCUT2D eigenvalue weighted by Gasteiger charge is 2.22. The first-order valence-electron chi connectivity index (χ1n) is 6.78. The SMILES string of the molecule is CCOC(=O)C(OCc1cccc(Br)c1)c1ccccc1. The fourth-order valence-corrected chi connectivity index (χ4v) is 2.40. The van der Waals surface area contributed by atoms with Gasteiger partial charge in [-0.05, 0) is 30.2 Å². The summed E-state index contributed by atoms with van der Waals surface area (Å²) in [6, 6.07) is 17.2. The summed E-state index contributed by atoms with van der Waals surface area (Å²) in [5.74, 6) is -0.362. The lowest BCUT2D eigenvalue weighted by molar-refractivity contribution is -0.158. The van der Waals surface area contributed by atoms with Crippen LogP contribution in [0.4, 0.5) is 0 Å². The lowest BCUT2D eigenvalue weighted by Gasteiger charge is -2.17. The number of hydrogen-bond donors (Lipinski definition) is 0. The molecule has 0 aliphatic rings. The maximum atomic E-state index is 12.1. The van der Waals surface area contributed by atoms with Gasteiger partial charge in [-0.2, -0.15) is 0 Å². The molecule has 0 N–H and O–H groups in total. The molecule has 0 spiro atoms. The number of carbonyl (C=O) groups excluding carboxylic acids is 1. The van der Waals surface area contributed by atoms with Crippen molar-refractivity contribution in [3.63, 3.8) is 0 Å². The van der Waals surface area contributed by atoms with Gasteiger partial charge in [-0.3, -0.25) is 0 Å². The van der Waals surface area contributed by atoms with Gasteiger partial charge < -0.3 is 9.47 Å². The van der Waals surface area contributed by atoms with E-state index in [2.05, 4.69) is 15.9 Å². The van der Waals surface area contributed by atoms with Crippen molar-refractivity contribution in [2.45, 2.75) is 19.6 Å². The zero-order valence-corrected chi connectivity index (χ0v) is 13.4. The van der Waals surface area contributed by atoms with Crippen LogP contribution in [0.1, 0.15) is 24.2 Å². The van der Waals surface area contributed by atoms with Crippen LogP contribution in [0.3, 0.4) is 0 Å². The normalized spacial score (nSPS) is 11.9. The summed E-state index contributed by atoms with van der Waals surface area (Å²) in [4.78, 5) is 12.1. The second-order valence-electron chi connectivity index (χ2n) is 4.48.